The third-order valence-corrected chi connectivity index (χ3v) is 2.97. The van der Waals surface area contributed by atoms with Crippen LogP contribution in [0.25, 0.3) is 0 Å². The van der Waals surface area contributed by atoms with E-state index < -0.39 is 30.1 Å². The Bertz CT molecular complexity index is 261. The van der Waals surface area contributed by atoms with E-state index in [9.17, 15) is 14.7 Å². The van der Waals surface area contributed by atoms with Crippen LogP contribution < -0.4 is 10.6 Å². The van der Waals surface area contributed by atoms with Crippen LogP contribution in [0.3, 0.4) is 0 Å². The summed E-state index contributed by atoms with van der Waals surface area (Å²) in [5, 5.41) is 23.2. The molecule has 0 saturated heterocycles. The van der Waals surface area contributed by atoms with Crippen molar-refractivity contribution in [2.24, 2.45) is 0 Å². The summed E-state index contributed by atoms with van der Waals surface area (Å²) in [7, 11) is 1.64. The third kappa shape index (κ3) is 5.90. The van der Waals surface area contributed by atoms with E-state index >= 15 is 0 Å². The molecule has 0 aliphatic heterocycles. The van der Waals surface area contributed by atoms with Gasteiger partial charge in [-0.1, -0.05) is 0 Å². The van der Waals surface area contributed by atoms with E-state index in [2.05, 4.69) is 10.6 Å². The molecule has 0 spiro atoms. The Labute approximate surface area is 105 Å². The van der Waals surface area contributed by atoms with Crippen LogP contribution in [0.5, 0.6) is 0 Å². The molecule has 0 unspecified atom stereocenters. The quantitative estimate of drug-likeness (QED) is 0.462. The maximum Gasteiger partial charge on any atom is 0.328 e. The van der Waals surface area contributed by atoms with Gasteiger partial charge in [-0.2, -0.15) is 11.8 Å². The number of nitrogens with one attached hydrogen (secondary N) is 2. The minimum absolute atomic E-state index is 0.408. The number of carbonyl (C=O) groups excluding carboxylic acids is 1. The number of carboxylic acids is 1. The van der Waals surface area contributed by atoms with Gasteiger partial charge >= 0.3 is 5.97 Å². The maximum atomic E-state index is 11.7. The van der Waals surface area contributed by atoms with Crippen molar-refractivity contribution in [3.05, 3.63) is 0 Å². The Kier molecular flexibility index (Phi) is 7.94. The summed E-state index contributed by atoms with van der Waals surface area (Å²) in [6, 6.07) is -1.71. The van der Waals surface area contributed by atoms with Crippen LogP contribution >= 0.6 is 11.8 Å². The average Bonchev–Trinajstić information content (AvgIpc) is 2.26. The number of thioether (sulfide) groups is 1. The number of aliphatic hydroxyl groups is 1. The molecule has 17 heavy (non-hydrogen) atoms. The Balaban J connectivity index is 4.41. The van der Waals surface area contributed by atoms with E-state index in [0.29, 0.717) is 6.42 Å². The van der Waals surface area contributed by atoms with E-state index in [4.69, 9.17) is 5.11 Å². The lowest BCUT2D eigenvalue weighted by Crippen LogP contribution is -2.53. The molecule has 7 heteroatoms. The Morgan fingerprint density at radius 2 is 2.00 bits per heavy atom. The van der Waals surface area contributed by atoms with E-state index in [1.54, 1.807) is 18.8 Å². The molecule has 0 aliphatic rings. The van der Waals surface area contributed by atoms with Crippen molar-refractivity contribution in [1.29, 1.82) is 0 Å². The fraction of sp³-hybridized carbons (Fsp3) is 0.800. The van der Waals surface area contributed by atoms with Gasteiger partial charge in [0.15, 0.2) is 6.04 Å². The first-order valence-corrected chi connectivity index (χ1v) is 6.70. The molecule has 0 radical (unpaired) electrons. The molecule has 100 valence electrons. The van der Waals surface area contributed by atoms with E-state index in [0.717, 1.165) is 5.75 Å². The molecule has 0 rings (SSSR count). The predicted molar refractivity (Wildman–Crippen MR) is 67.1 cm³/mol. The number of aliphatic carboxylic acids is 1. The lowest BCUT2D eigenvalue weighted by molar-refractivity contribution is -0.145. The summed E-state index contributed by atoms with van der Waals surface area (Å²) in [6.45, 7) is 1.33. The highest BCUT2D eigenvalue weighted by atomic mass is 32.2. The number of rotatable bonds is 8. The molecule has 0 aliphatic carbocycles. The molecular weight excluding hydrogens is 244 g/mol. The zero-order valence-corrected chi connectivity index (χ0v) is 11.1. The van der Waals surface area contributed by atoms with Crippen LogP contribution in [0.15, 0.2) is 0 Å². The largest absolute Gasteiger partial charge is 0.480 e. The third-order valence-electron chi connectivity index (χ3n) is 2.32. The van der Waals surface area contributed by atoms with Crippen molar-refractivity contribution in [2.75, 3.05) is 19.1 Å². The van der Waals surface area contributed by atoms with Crippen LogP contribution in [0, 0.1) is 0 Å². The first kappa shape index (κ1) is 16.2. The highest BCUT2D eigenvalue weighted by Crippen LogP contribution is 2.02. The summed E-state index contributed by atoms with van der Waals surface area (Å²) in [5.74, 6) is -0.853. The van der Waals surface area contributed by atoms with Crippen molar-refractivity contribution in [1.82, 2.24) is 10.6 Å². The van der Waals surface area contributed by atoms with Gasteiger partial charge in [-0.25, -0.2) is 4.79 Å². The molecule has 0 fully saturated rings. The standard InChI is InChI=1S/C10H20N2O4S/c1-6(13)8(10(15)16)12-9(14)7(11-2)4-5-17-3/h6-8,11,13H,4-5H2,1-3H3,(H,12,14)(H,15,16)/t6-,7+,8+/m1/s1. The average molecular weight is 264 g/mol. The molecule has 4 N–H and O–H groups in total. The van der Waals surface area contributed by atoms with Gasteiger partial charge in [0, 0.05) is 0 Å². The number of amides is 1. The molecular formula is C10H20N2O4S. The molecule has 0 aromatic rings. The van der Waals surface area contributed by atoms with Crippen LogP contribution in [0.4, 0.5) is 0 Å². The van der Waals surface area contributed by atoms with Gasteiger partial charge < -0.3 is 20.8 Å². The van der Waals surface area contributed by atoms with Crippen molar-refractivity contribution < 1.29 is 19.8 Å². The summed E-state index contributed by atoms with van der Waals surface area (Å²) < 4.78 is 0. The van der Waals surface area contributed by atoms with Crippen LogP contribution in [0.1, 0.15) is 13.3 Å². The summed E-state index contributed by atoms with van der Waals surface area (Å²) in [4.78, 5) is 22.5. The molecule has 3 atom stereocenters. The summed E-state index contributed by atoms with van der Waals surface area (Å²) in [6.07, 6.45) is 1.41. The monoisotopic (exact) mass is 264 g/mol. The van der Waals surface area contributed by atoms with Crippen molar-refractivity contribution >= 4 is 23.6 Å². The Morgan fingerprint density at radius 1 is 1.41 bits per heavy atom. The molecule has 0 heterocycles. The molecule has 0 saturated carbocycles. The van der Waals surface area contributed by atoms with Gasteiger partial charge in [-0.3, -0.25) is 4.79 Å². The fourth-order valence-corrected chi connectivity index (χ4v) is 1.76. The van der Waals surface area contributed by atoms with Gasteiger partial charge in [0.25, 0.3) is 0 Å². The second kappa shape index (κ2) is 8.32. The SMILES string of the molecule is CN[C@@H](CCSC)C(=O)N[C@H](C(=O)O)[C@@H](C)O. The smallest absolute Gasteiger partial charge is 0.328 e. The van der Waals surface area contributed by atoms with Gasteiger partial charge in [-0.05, 0) is 32.4 Å². The van der Waals surface area contributed by atoms with Gasteiger partial charge in [0.1, 0.15) is 0 Å². The zero-order chi connectivity index (χ0) is 13.4. The molecule has 1 amide bonds. The zero-order valence-electron chi connectivity index (χ0n) is 10.3. The number of hydrogen-bond donors (Lipinski definition) is 4. The summed E-state index contributed by atoms with van der Waals surface area (Å²) in [5.41, 5.74) is 0. The first-order valence-electron chi connectivity index (χ1n) is 5.31. The minimum atomic E-state index is -1.27. The van der Waals surface area contributed by atoms with Crippen molar-refractivity contribution in [2.45, 2.75) is 31.5 Å². The van der Waals surface area contributed by atoms with E-state index in [-0.39, 0.29) is 0 Å². The van der Waals surface area contributed by atoms with E-state index in [1.165, 1.54) is 6.92 Å². The summed E-state index contributed by atoms with van der Waals surface area (Å²) >= 11 is 1.61. The highest BCUT2D eigenvalue weighted by Gasteiger charge is 2.27. The molecule has 0 bridgehead atoms. The normalized spacial score (nSPS) is 16.0. The number of hydrogen-bond acceptors (Lipinski definition) is 5. The molecule has 6 nitrogen and oxygen atoms in total. The van der Waals surface area contributed by atoms with Crippen molar-refractivity contribution in [3.8, 4) is 0 Å². The number of aliphatic hydroxyl groups excluding tert-OH is 1. The van der Waals surface area contributed by atoms with Gasteiger partial charge in [0.05, 0.1) is 12.1 Å². The second-order valence-electron chi connectivity index (χ2n) is 3.69. The number of carbonyl (C=O) groups is 2. The van der Waals surface area contributed by atoms with Crippen LogP contribution in [-0.4, -0.2) is 59.3 Å². The minimum Gasteiger partial charge on any atom is -0.480 e. The number of carboxylic acid groups (broad SMARTS) is 1. The molecule has 0 aromatic carbocycles. The van der Waals surface area contributed by atoms with Crippen molar-refractivity contribution in [3.63, 3.8) is 0 Å². The second-order valence-corrected chi connectivity index (χ2v) is 4.67. The lowest BCUT2D eigenvalue weighted by Gasteiger charge is -2.21. The van der Waals surface area contributed by atoms with E-state index in [1.807, 2.05) is 6.26 Å². The Hall–Kier alpha value is -0.790. The highest BCUT2D eigenvalue weighted by molar-refractivity contribution is 7.98. The first-order chi connectivity index (χ1) is 7.93. The van der Waals surface area contributed by atoms with Gasteiger partial charge in [0.2, 0.25) is 5.91 Å². The molecule has 0 aromatic heterocycles. The lowest BCUT2D eigenvalue weighted by atomic mass is 10.1. The number of likely N-dealkylation sites (N-methyl/N-ethyl adjacent to an activating group) is 1. The Morgan fingerprint density at radius 3 is 2.35 bits per heavy atom. The topological polar surface area (TPSA) is 98.7 Å². The van der Waals surface area contributed by atoms with Crippen LogP contribution in [-0.2, 0) is 9.59 Å². The van der Waals surface area contributed by atoms with Gasteiger partial charge in [-0.15, -0.1) is 0 Å². The maximum absolute atomic E-state index is 11.7. The van der Waals surface area contributed by atoms with Crippen LogP contribution in [0.2, 0.25) is 0 Å². The predicted octanol–water partition coefficient (Wildman–Crippen LogP) is -0.722. The fourth-order valence-electron chi connectivity index (χ4n) is 1.28.